The molecule has 19 heavy (non-hydrogen) atoms. The molecule has 0 bridgehead atoms. The average molecular weight is 299 g/mol. The molecule has 0 saturated heterocycles. The summed E-state index contributed by atoms with van der Waals surface area (Å²) in [5.74, 6) is 0.0132. The molecule has 0 spiro atoms. The number of aromatic amines is 1. The first-order valence-electron chi connectivity index (χ1n) is 5.35. The van der Waals surface area contributed by atoms with Gasteiger partial charge in [0.25, 0.3) is 11.5 Å². The molecule has 3 N–H and O–H groups in total. The highest BCUT2D eigenvalue weighted by Crippen LogP contribution is 2.24. The van der Waals surface area contributed by atoms with Crippen LogP contribution in [0.25, 0.3) is 0 Å². The van der Waals surface area contributed by atoms with Crippen LogP contribution in [0.3, 0.4) is 0 Å². The molecule has 6 nitrogen and oxygen atoms in total. The minimum atomic E-state index is -0.455. The zero-order valence-electron chi connectivity index (χ0n) is 10.2. The molecule has 0 aliphatic carbocycles. The van der Waals surface area contributed by atoms with Crippen LogP contribution in [-0.2, 0) is 0 Å². The van der Waals surface area contributed by atoms with Crippen molar-refractivity contribution in [2.24, 2.45) is 0 Å². The maximum absolute atomic E-state index is 11.6. The summed E-state index contributed by atoms with van der Waals surface area (Å²) in [4.78, 5) is 27.3. The van der Waals surface area contributed by atoms with E-state index in [2.05, 4.69) is 20.0 Å². The van der Waals surface area contributed by atoms with E-state index in [4.69, 9.17) is 11.6 Å². The second-order valence-corrected chi connectivity index (χ2v) is 4.98. The van der Waals surface area contributed by atoms with Crippen LogP contribution >= 0.6 is 23.1 Å². The smallest absolute Gasteiger partial charge is 0.273 e. The highest BCUT2D eigenvalue weighted by atomic mass is 35.5. The number of aromatic nitrogens is 2. The molecule has 0 aliphatic heterocycles. The number of aryl methyl sites for hydroxylation is 1. The molecule has 1 amide bonds. The van der Waals surface area contributed by atoms with Crippen molar-refractivity contribution in [3.63, 3.8) is 0 Å². The van der Waals surface area contributed by atoms with Crippen molar-refractivity contribution in [1.82, 2.24) is 14.7 Å². The minimum Gasteiger partial charge on any atom is -0.355 e. The van der Waals surface area contributed by atoms with E-state index in [0.29, 0.717) is 15.8 Å². The van der Waals surface area contributed by atoms with Crippen molar-refractivity contribution in [1.29, 1.82) is 0 Å². The summed E-state index contributed by atoms with van der Waals surface area (Å²) in [6.45, 7) is 1.84. The van der Waals surface area contributed by atoms with Gasteiger partial charge < -0.3 is 10.6 Å². The monoisotopic (exact) mass is 298 g/mol. The average Bonchev–Trinajstić information content (AvgIpc) is 2.74. The number of halogens is 1. The molecule has 2 aromatic heterocycles. The number of nitrogens with one attached hydrogen (secondary N) is 3. The minimum absolute atomic E-state index is 0.0333. The molecule has 2 heterocycles. The van der Waals surface area contributed by atoms with E-state index >= 15 is 0 Å². The van der Waals surface area contributed by atoms with Gasteiger partial charge in [-0.15, -0.1) is 0 Å². The van der Waals surface area contributed by atoms with Gasteiger partial charge in [-0.25, -0.2) is 4.98 Å². The summed E-state index contributed by atoms with van der Waals surface area (Å²) in [7, 11) is 1.46. The van der Waals surface area contributed by atoms with Crippen molar-refractivity contribution in [2.45, 2.75) is 6.92 Å². The standard InChI is InChI=1S/C11H11ClN4O2S/c1-5-4-14-7(3-6(5)12)15-11-8(9(17)13-2)10(18)16-19-11/h3-4H,1-2H3,(H,13,17)(H,14,15)(H,16,18). The third-order valence-electron chi connectivity index (χ3n) is 2.43. The third-order valence-corrected chi connectivity index (χ3v) is 3.64. The van der Waals surface area contributed by atoms with Crippen LogP contribution in [0, 0.1) is 6.92 Å². The van der Waals surface area contributed by atoms with E-state index in [1.54, 1.807) is 12.3 Å². The topological polar surface area (TPSA) is 86.9 Å². The van der Waals surface area contributed by atoms with Crippen LogP contribution < -0.4 is 16.2 Å². The quantitative estimate of drug-likeness (QED) is 0.807. The largest absolute Gasteiger partial charge is 0.355 e. The number of anilines is 2. The molecule has 0 aromatic carbocycles. The Balaban J connectivity index is 2.36. The number of hydrogen-bond acceptors (Lipinski definition) is 5. The van der Waals surface area contributed by atoms with E-state index in [9.17, 15) is 9.59 Å². The van der Waals surface area contributed by atoms with E-state index in [0.717, 1.165) is 17.1 Å². The first-order chi connectivity index (χ1) is 9.02. The third kappa shape index (κ3) is 2.77. The molecule has 0 aliphatic rings. The number of H-pyrrole nitrogens is 1. The molecular weight excluding hydrogens is 288 g/mol. The van der Waals surface area contributed by atoms with Gasteiger partial charge >= 0.3 is 0 Å². The predicted octanol–water partition coefficient (Wildman–Crippen LogP) is 1.90. The number of nitrogens with zero attached hydrogens (tertiary/aromatic N) is 1. The van der Waals surface area contributed by atoms with Crippen LogP contribution in [0.4, 0.5) is 10.8 Å². The van der Waals surface area contributed by atoms with Crippen LogP contribution in [0.15, 0.2) is 17.1 Å². The van der Waals surface area contributed by atoms with Crippen molar-refractivity contribution in [3.8, 4) is 0 Å². The summed E-state index contributed by atoms with van der Waals surface area (Å²) >= 11 is 7.02. The molecule has 100 valence electrons. The summed E-state index contributed by atoms with van der Waals surface area (Å²) in [5.41, 5.74) is 0.442. The van der Waals surface area contributed by atoms with E-state index in [1.165, 1.54) is 7.05 Å². The summed E-state index contributed by atoms with van der Waals surface area (Å²) in [6.07, 6.45) is 1.61. The number of hydrogen-bond donors (Lipinski definition) is 3. The van der Waals surface area contributed by atoms with Crippen molar-refractivity contribution < 1.29 is 4.79 Å². The van der Waals surface area contributed by atoms with E-state index in [-0.39, 0.29) is 5.56 Å². The number of rotatable bonds is 3. The first kappa shape index (κ1) is 13.6. The number of carbonyl (C=O) groups excluding carboxylic acids is 1. The Morgan fingerprint density at radius 2 is 2.26 bits per heavy atom. The normalized spacial score (nSPS) is 10.3. The lowest BCUT2D eigenvalue weighted by Crippen LogP contribution is -2.24. The zero-order chi connectivity index (χ0) is 14.0. The first-order valence-corrected chi connectivity index (χ1v) is 6.55. The molecular formula is C11H11ClN4O2S. The van der Waals surface area contributed by atoms with Gasteiger partial charge in [0.15, 0.2) is 0 Å². The molecule has 0 fully saturated rings. The molecule has 8 heteroatoms. The second kappa shape index (κ2) is 5.41. The van der Waals surface area contributed by atoms with Crippen LogP contribution in [0.2, 0.25) is 5.02 Å². The van der Waals surface area contributed by atoms with Gasteiger partial charge in [-0.1, -0.05) is 11.6 Å². The molecule has 0 atom stereocenters. The number of amides is 1. The van der Waals surface area contributed by atoms with E-state index in [1.807, 2.05) is 6.92 Å². The number of pyridine rings is 1. The van der Waals surface area contributed by atoms with Gasteiger partial charge in [0.05, 0.1) is 0 Å². The van der Waals surface area contributed by atoms with E-state index < -0.39 is 11.5 Å². The fourth-order valence-corrected chi connectivity index (χ4v) is 2.30. The van der Waals surface area contributed by atoms with Crippen molar-refractivity contribution in [2.75, 3.05) is 12.4 Å². The summed E-state index contributed by atoms with van der Waals surface area (Å²) in [6, 6.07) is 1.63. The van der Waals surface area contributed by atoms with Crippen molar-refractivity contribution >= 4 is 39.9 Å². The second-order valence-electron chi connectivity index (χ2n) is 3.76. The Kier molecular flexibility index (Phi) is 3.87. The molecule has 0 radical (unpaired) electrons. The van der Waals surface area contributed by atoms with Gasteiger partial charge in [0, 0.05) is 18.3 Å². The van der Waals surface area contributed by atoms with Gasteiger partial charge in [-0.2, -0.15) is 0 Å². The van der Waals surface area contributed by atoms with Gasteiger partial charge in [-0.3, -0.25) is 14.0 Å². The maximum Gasteiger partial charge on any atom is 0.273 e. The Morgan fingerprint density at radius 1 is 1.53 bits per heavy atom. The lowest BCUT2D eigenvalue weighted by atomic mass is 10.3. The molecule has 2 aromatic rings. The Morgan fingerprint density at radius 3 is 2.89 bits per heavy atom. The molecule has 0 saturated carbocycles. The molecule has 2 rings (SSSR count). The van der Waals surface area contributed by atoms with Crippen LogP contribution in [0.1, 0.15) is 15.9 Å². The van der Waals surface area contributed by atoms with Crippen LogP contribution in [0.5, 0.6) is 0 Å². The Bertz CT molecular complexity index is 680. The summed E-state index contributed by atoms with van der Waals surface area (Å²) in [5, 5.41) is 6.28. The van der Waals surface area contributed by atoms with Crippen LogP contribution in [-0.4, -0.2) is 22.3 Å². The molecule has 0 unspecified atom stereocenters. The Hall–Kier alpha value is -1.86. The SMILES string of the molecule is CNC(=O)c1c(Nc2cc(Cl)c(C)cn2)s[nH]c1=O. The van der Waals surface area contributed by atoms with Gasteiger partial charge in [0.2, 0.25) is 0 Å². The van der Waals surface area contributed by atoms with Crippen molar-refractivity contribution in [3.05, 3.63) is 38.8 Å². The number of carbonyl (C=O) groups is 1. The lowest BCUT2D eigenvalue weighted by Gasteiger charge is -2.06. The van der Waals surface area contributed by atoms with Gasteiger partial charge in [0.1, 0.15) is 16.4 Å². The highest BCUT2D eigenvalue weighted by Gasteiger charge is 2.18. The lowest BCUT2D eigenvalue weighted by molar-refractivity contribution is 0.0963. The van der Waals surface area contributed by atoms with Gasteiger partial charge in [-0.05, 0) is 30.1 Å². The summed E-state index contributed by atoms with van der Waals surface area (Å²) < 4.78 is 2.50. The zero-order valence-corrected chi connectivity index (χ0v) is 11.8. The fraction of sp³-hybridized carbons (Fsp3) is 0.182. The predicted molar refractivity (Wildman–Crippen MR) is 75.6 cm³/mol. The maximum atomic E-state index is 11.6. The fourth-order valence-electron chi connectivity index (χ4n) is 1.41. The Labute approximate surface area is 118 Å². The highest BCUT2D eigenvalue weighted by molar-refractivity contribution is 7.10.